The maximum Gasteiger partial charge on any atom is 0.185 e. The third kappa shape index (κ3) is 1.49. The highest BCUT2D eigenvalue weighted by Gasteiger charge is 2.33. The van der Waals surface area contributed by atoms with Crippen LogP contribution in [0.25, 0.3) is 0 Å². The topological polar surface area (TPSA) is 69.4 Å². The fraction of sp³-hybridized carbons (Fsp3) is 0.333. The Morgan fingerprint density at radius 2 is 1.79 bits per heavy atom. The summed E-state index contributed by atoms with van der Waals surface area (Å²) < 4.78 is 28.5. The summed E-state index contributed by atoms with van der Waals surface area (Å²) in [5, 5.41) is -0.383. The molecule has 0 bridgehead atoms. The van der Waals surface area contributed by atoms with Crippen LogP contribution in [0.5, 0.6) is 0 Å². The number of ether oxygens (including phenoxy) is 1. The standard InChI is InChI=1S/C9H11NO3S/c10-7-1-3-8(4-2-7)14(11,12)9-5-13-6-9/h1-4,9H,5-6,10H2. The van der Waals surface area contributed by atoms with Crippen LogP contribution in [0.1, 0.15) is 0 Å². The van der Waals surface area contributed by atoms with E-state index < -0.39 is 9.84 Å². The van der Waals surface area contributed by atoms with E-state index in [1.165, 1.54) is 12.1 Å². The monoisotopic (exact) mass is 213 g/mol. The molecule has 2 rings (SSSR count). The van der Waals surface area contributed by atoms with Crippen molar-refractivity contribution in [1.82, 2.24) is 0 Å². The molecule has 2 N–H and O–H groups in total. The van der Waals surface area contributed by atoms with Crippen molar-refractivity contribution in [3.05, 3.63) is 24.3 Å². The number of rotatable bonds is 2. The molecule has 1 aromatic rings. The Labute approximate surface area is 82.6 Å². The SMILES string of the molecule is Nc1ccc(S(=O)(=O)C2COC2)cc1. The molecule has 76 valence electrons. The predicted molar refractivity (Wildman–Crippen MR) is 52.6 cm³/mol. The van der Waals surface area contributed by atoms with Crippen LogP contribution in [0.3, 0.4) is 0 Å². The van der Waals surface area contributed by atoms with Gasteiger partial charge in [-0.1, -0.05) is 0 Å². The molecular weight excluding hydrogens is 202 g/mol. The minimum atomic E-state index is -3.20. The van der Waals surface area contributed by atoms with Gasteiger partial charge in [0, 0.05) is 5.69 Å². The average Bonchev–Trinajstić information content (AvgIpc) is 2.00. The van der Waals surface area contributed by atoms with Crippen LogP contribution in [0.2, 0.25) is 0 Å². The van der Waals surface area contributed by atoms with E-state index in [1.54, 1.807) is 12.1 Å². The lowest BCUT2D eigenvalue weighted by atomic mass is 10.3. The van der Waals surface area contributed by atoms with Gasteiger partial charge in [-0.3, -0.25) is 0 Å². The van der Waals surface area contributed by atoms with Gasteiger partial charge in [0.25, 0.3) is 0 Å². The van der Waals surface area contributed by atoms with Gasteiger partial charge in [-0.2, -0.15) is 0 Å². The van der Waals surface area contributed by atoms with Gasteiger partial charge in [0.05, 0.1) is 18.1 Å². The molecule has 0 amide bonds. The number of benzene rings is 1. The molecular formula is C9H11NO3S. The Bertz CT molecular complexity index is 420. The van der Waals surface area contributed by atoms with Crippen LogP contribution in [0.15, 0.2) is 29.2 Å². The van der Waals surface area contributed by atoms with E-state index in [-0.39, 0.29) is 5.25 Å². The third-order valence-electron chi connectivity index (χ3n) is 2.25. The highest BCUT2D eigenvalue weighted by atomic mass is 32.2. The molecule has 0 aliphatic carbocycles. The van der Waals surface area contributed by atoms with Crippen LogP contribution in [-0.4, -0.2) is 26.9 Å². The van der Waals surface area contributed by atoms with Crippen LogP contribution < -0.4 is 5.73 Å². The Morgan fingerprint density at radius 1 is 1.21 bits per heavy atom. The van der Waals surface area contributed by atoms with Crippen molar-refractivity contribution < 1.29 is 13.2 Å². The lowest BCUT2D eigenvalue weighted by Gasteiger charge is -2.25. The number of sulfone groups is 1. The van der Waals surface area contributed by atoms with E-state index in [4.69, 9.17) is 10.5 Å². The third-order valence-corrected chi connectivity index (χ3v) is 4.33. The van der Waals surface area contributed by atoms with E-state index in [1.807, 2.05) is 0 Å². The normalized spacial score (nSPS) is 17.7. The van der Waals surface area contributed by atoms with Crippen molar-refractivity contribution in [2.45, 2.75) is 10.1 Å². The molecule has 1 saturated heterocycles. The molecule has 14 heavy (non-hydrogen) atoms. The number of hydrogen-bond acceptors (Lipinski definition) is 4. The van der Waals surface area contributed by atoms with Crippen molar-refractivity contribution in [3.8, 4) is 0 Å². The first-order valence-electron chi connectivity index (χ1n) is 4.28. The summed E-state index contributed by atoms with van der Waals surface area (Å²) in [7, 11) is -3.20. The smallest absolute Gasteiger partial charge is 0.185 e. The molecule has 1 aliphatic rings. The second-order valence-electron chi connectivity index (χ2n) is 3.27. The summed E-state index contributed by atoms with van der Waals surface area (Å²) in [6.07, 6.45) is 0. The minimum Gasteiger partial charge on any atom is -0.399 e. The van der Waals surface area contributed by atoms with Crippen molar-refractivity contribution in [3.63, 3.8) is 0 Å². The molecule has 4 nitrogen and oxygen atoms in total. The lowest BCUT2D eigenvalue weighted by molar-refractivity contribution is 0.0416. The molecule has 0 atom stereocenters. The minimum absolute atomic E-state index is 0.298. The second-order valence-corrected chi connectivity index (χ2v) is 5.50. The Balaban J connectivity index is 2.34. The highest BCUT2D eigenvalue weighted by molar-refractivity contribution is 7.92. The highest BCUT2D eigenvalue weighted by Crippen LogP contribution is 2.21. The van der Waals surface area contributed by atoms with Crippen LogP contribution in [0, 0.1) is 0 Å². The first kappa shape index (κ1) is 9.48. The van der Waals surface area contributed by atoms with E-state index in [0.717, 1.165) is 0 Å². The number of nitrogens with two attached hydrogens (primary N) is 1. The molecule has 0 radical (unpaired) electrons. The van der Waals surface area contributed by atoms with Crippen molar-refractivity contribution in [1.29, 1.82) is 0 Å². The molecule has 5 heteroatoms. The van der Waals surface area contributed by atoms with Gasteiger partial charge in [-0.15, -0.1) is 0 Å². The average molecular weight is 213 g/mol. The van der Waals surface area contributed by atoms with E-state index in [0.29, 0.717) is 23.8 Å². The number of anilines is 1. The number of hydrogen-bond donors (Lipinski definition) is 1. The Hall–Kier alpha value is -1.07. The Kier molecular flexibility index (Phi) is 2.20. The zero-order valence-corrected chi connectivity index (χ0v) is 8.33. The van der Waals surface area contributed by atoms with Crippen LogP contribution in [-0.2, 0) is 14.6 Å². The summed E-state index contributed by atoms with van der Waals surface area (Å²) in [6, 6.07) is 6.24. The maximum absolute atomic E-state index is 11.8. The second kappa shape index (κ2) is 3.25. The molecule has 0 unspecified atom stereocenters. The van der Waals surface area contributed by atoms with Gasteiger partial charge in [0.15, 0.2) is 9.84 Å². The summed E-state index contributed by atoms with van der Waals surface area (Å²) >= 11 is 0. The predicted octanol–water partition coefficient (Wildman–Crippen LogP) is 0.441. The summed E-state index contributed by atoms with van der Waals surface area (Å²) in [4.78, 5) is 0.319. The molecule has 1 aromatic carbocycles. The van der Waals surface area contributed by atoms with Crippen molar-refractivity contribution >= 4 is 15.5 Å². The fourth-order valence-corrected chi connectivity index (χ4v) is 2.69. The van der Waals surface area contributed by atoms with E-state index in [9.17, 15) is 8.42 Å². The maximum atomic E-state index is 11.8. The Morgan fingerprint density at radius 3 is 2.21 bits per heavy atom. The molecule has 1 heterocycles. The van der Waals surface area contributed by atoms with Gasteiger partial charge < -0.3 is 10.5 Å². The zero-order chi connectivity index (χ0) is 10.2. The lowest BCUT2D eigenvalue weighted by Crippen LogP contribution is -2.40. The molecule has 1 fully saturated rings. The van der Waals surface area contributed by atoms with E-state index >= 15 is 0 Å². The van der Waals surface area contributed by atoms with Gasteiger partial charge in [-0.25, -0.2) is 8.42 Å². The summed E-state index contributed by atoms with van der Waals surface area (Å²) in [5.74, 6) is 0. The van der Waals surface area contributed by atoms with E-state index in [2.05, 4.69) is 0 Å². The zero-order valence-electron chi connectivity index (χ0n) is 7.51. The van der Waals surface area contributed by atoms with Gasteiger partial charge >= 0.3 is 0 Å². The van der Waals surface area contributed by atoms with Gasteiger partial charge in [0.1, 0.15) is 5.25 Å². The largest absolute Gasteiger partial charge is 0.399 e. The summed E-state index contributed by atoms with van der Waals surface area (Å²) in [6.45, 7) is 0.597. The molecule has 0 aromatic heterocycles. The fourth-order valence-electron chi connectivity index (χ4n) is 1.24. The molecule has 0 spiro atoms. The summed E-state index contributed by atoms with van der Waals surface area (Å²) in [5.41, 5.74) is 6.04. The van der Waals surface area contributed by atoms with Crippen molar-refractivity contribution in [2.24, 2.45) is 0 Å². The van der Waals surface area contributed by atoms with Crippen LogP contribution in [0.4, 0.5) is 5.69 Å². The van der Waals surface area contributed by atoms with Gasteiger partial charge in [0.2, 0.25) is 0 Å². The quantitative estimate of drug-likeness (QED) is 0.724. The first-order valence-corrected chi connectivity index (χ1v) is 5.82. The molecule has 1 aliphatic heterocycles. The molecule has 0 saturated carbocycles. The first-order chi connectivity index (χ1) is 6.60. The van der Waals surface area contributed by atoms with Crippen molar-refractivity contribution in [2.75, 3.05) is 18.9 Å². The number of nitrogen functional groups attached to an aromatic ring is 1. The van der Waals surface area contributed by atoms with Gasteiger partial charge in [-0.05, 0) is 24.3 Å². The van der Waals surface area contributed by atoms with Crippen LogP contribution >= 0.6 is 0 Å².